The molecule has 0 saturated carbocycles. The van der Waals surface area contributed by atoms with Crippen molar-refractivity contribution in [2.24, 2.45) is 5.10 Å². The van der Waals surface area contributed by atoms with Gasteiger partial charge in [0, 0.05) is 11.6 Å². The standard InChI is InChI=1S/C17H17BrN2O4/c1-22-14-7-5-4-6-12(14)17(21)20-19-10-11-8-13(18)16(24-3)9-15(11)23-2/h4-10H,1-3H3,(H,20,21)/b19-10-. The van der Waals surface area contributed by atoms with Crippen LogP contribution < -0.4 is 19.6 Å². The Labute approximate surface area is 148 Å². The molecule has 0 aromatic heterocycles. The Morgan fingerprint density at radius 1 is 1.04 bits per heavy atom. The minimum Gasteiger partial charge on any atom is -0.496 e. The lowest BCUT2D eigenvalue weighted by molar-refractivity contribution is 0.0952. The minimum absolute atomic E-state index is 0.366. The largest absolute Gasteiger partial charge is 0.496 e. The third-order valence-corrected chi connectivity index (χ3v) is 3.85. The van der Waals surface area contributed by atoms with Crippen molar-refractivity contribution in [1.82, 2.24) is 5.43 Å². The third-order valence-electron chi connectivity index (χ3n) is 3.23. The average Bonchev–Trinajstić information content (AvgIpc) is 2.61. The van der Waals surface area contributed by atoms with Crippen LogP contribution in [0.25, 0.3) is 0 Å². The smallest absolute Gasteiger partial charge is 0.275 e. The first-order valence-electron chi connectivity index (χ1n) is 6.98. The molecular weight excluding hydrogens is 376 g/mol. The Morgan fingerprint density at radius 2 is 1.71 bits per heavy atom. The zero-order valence-electron chi connectivity index (χ0n) is 13.5. The molecule has 0 saturated heterocycles. The number of rotatable bonds is 6. The van der Waals surface area contributed by atoms with Gasteiger partial charge in [-0.05, 0) is 34.1 Å². The predicted octanol–water partition coefficient (Wildman–Crippen LogP) is 3.24. The summed E-state index contributed by atoms with van der Waals surface area (Å²) in [7, 11) is 4.63. The molecule has 0 aliphatic heterocycles. The van der Waals surface area contributed by atoms with Crippen molar-refractivity contribution in [3.8, 4) is 17.2 Å². The molecule has 0 aliphatic rings. The number of nitrogens with zero attached hydrogens (tertiary/aromatic N) is 1. The maximum absolute atomic E-state index is 12.2. The van der Waals surface area contributed by atoms with E-state index in [0.717, 1.165) is 4.47 Å². The van der Waals surface area contributed by atoms with Gasteiger partial charge in [0.05, 0.1) is 37.6 Å². The van der Waals surface area contributed by atoms with Crippen molar-refractivity contribution in [1.29, 1.82) is 0 Å². The van der Waals surface area contributed by atoms with Crippen LogP contribution in [0.2, 0.25) is 0 Å². The molecule has 6 nitrogen and oxygen atoms in total. The number of methoxy groups -OCH3 is 3. The van der Waals surface area contributed by atoms with E-state index in [4.69, 9.17) is 14.2 Å². The molecule has 1 N–H and O–H groups in total. The van der Waals surface area contributed by atoms with E-state index in [9.17, 15) is 4.79 Å². The van der Waals surface area contributed by atoms with Crippen LogP contribution >= 0.6 is 15.9 Å². The molecule has 24 heavy (non-hydrogen) atoms. The first-order valence-corrected chi connectivity index (χ1v) is 7.78. The SMILES string of the molecule is COc1cc(OC)c(/C=N\NC(=O)c2ccccc2OC)cc1Br. The second-order valence-electron chi connectivity index (χ2n) is 4.63. The van der Waals surface area contributed by atoms with E-state index in [-0.39, 0.29) is 5.91 Å². The molecule has 0 spiro atoms. The molecule has 0 atom stereocenters. The highest BCUT2D eigenvalue weighted by molar-refractivity contribution is 9.10. The summed E-state index contributed by atoms with van der Waals surface area (Å²) in [6, 6.07) is 10.4. The monoisotopic (exact) mass is 392 g/mol. The molecular formula is C17H17BrN2O4. The molecule has 7 heteroatoms. The van der Waals surface area contributed by atoms with Gasteiger partial charge in [0.15, 0.2) is 0 Å². The van der Waals surface area contributed by atoms with Gasteiger partial charge in [0.2, 0.25) is 0 Å². The van der Waals surface area contributed by atoms with Gasteiger partial charge in [-0.15, -0.1) is 0 Å². The van der Waals surface area contributed by atoms with Crippen LogP contribution in [-0.2, 0) is 0 Å². The van der Waals surface area contributed by atoms with E-state index >= 15 is 0 Å². The second kappa shape index (κ2) is 8.35. The van der Waals surface area contributed by atoms with E-state index in [1.807, 2.05) is 0 Å². The Bertz CT molecular complexity index is 762. The van der Waals surface area contributed by atoms with Gasteiger partial charge in [-0.2, -0.15) is 5.10 Å². The summed E-state index contributed by atoms with van der Waals surface area (Å²) in [4.78, 5) is 12.2. The molecule has 2 aromatic carbocycles. The van der Waals surface area contributed by atoms with Crippen LogP contribution in [-0.4, -0.2) is 33.5 Å². The first kappa shape index (κ1) is 17.8. The minimum atomic E-state index is -0.366. The molecule has 0 unspecified atom stereocenters. The Morgan fingerprint density at radius 3 is 2.38 bits per heavy atom. The number of para-hydroxylation sites is 1. The van der Waals surface area contributed by atoms with Gasteiger partial charge in [-0.25, -0.2) is 5.43 Å². The summed E-state index contributed by atoms with van der Waals surface area (Å²) in [6.45, 7) is 0. The molecule has 0 radical (unpaired) electrons. The van der Waals surface area contributed by atoms with Crippen LogP contribution in [0.3, 0.4) is 0 Å². The van der Waals surface area contributed by atoms with Crippen LogP contribution in [0.15, 0.2) is 46.0 Å². The summed E-state index contributed by atoms with van der Waals surface area (Å²) in [6.07, 6.45) is 1.50. The van der Waals surface area contributed by atoms with Crippen molar-refractivity contribution in [2.75, 3.05) is 21.3 Å². The lowest BCUT2D eigenvalue weighted by atomic mass is 10.2. The molecule has 2 aromatic rings. The van der Waals surface area contributed by atoms with Gasteiger partial charge < -0.3 is 14.2 Å². The quantitative estimate of drug-likeness (QED) is 0.605. The lowest BCUT2D eigenvalue weighted by Gasteiger charge is -2.09. The van der Waals surface area contributed by atoms with Crippen LogP contribution in [0.4, 0.5) is 0 Å². The van der Waals surface area contributed by atoms with Crippen LogP contribution in [0, 0.1) is 0 Å². The van der Waals surface area contributed by atoms with Gasteiger partial charge in [-0.1, -0.05) is 12.1 Å². The zero-order valence-corrected chi connectivity index (χ0v) is 15.1. The number of amides is 1. The molecule has 1 amide bonds. The summed E-state index contributed by atoms with van der Waals surface area (Å²) in [5.74, 6) is 1.33. The fraction of sp³-hybridized carbons (Fsp3) is 0.176. The number of ether oxygens (including phenoxy) is 3. The Hall–Kier alpha value is -2.54. The number of hydrazone groups is 1. The lowest BCUT2D eigenvalue weighted by Crippen LogP contribution is -2.18. The number of hydrogen-bond acceptors (Lipinski definition) is 5. The van der Waals surface area contributed by atoms with Crippen molar-refractivity contribution < 1.29 is 19.0 Å². The summed E-state index contributed by atoms with van der Waals surface area (Å²) >= 11 is 3.40. The van der Waals surface area contributed by atoms with E-state index < -0.39 is 0 Å². The van der Waals surface area contributed by atoms with E-state index in [1.165, 1.54) is 13.3 Å². The van der Waals surface area contributed by atoms with Crippen molar-refractivity contribution >= 4 is 28.1 Å². The van der Waals surface area contributed by atoms with Crippen LogP contribution in [0.5, 0.6) is 17.2 Å². The van der Waals surface area contributed by atoms with E-state index in [0.29, 0.717) is 28.4 Å². The number of carbonyl (C=O) groups excluding carboxylic acids is 1. The van der Waals surface area contributed by atoms with Crippen molar-refractivity contribution in [3.05, 3.63) is 52.0 Å². The molecule has 0 fully saturated rings. The summed E-state index contributed by atoms with van der Waals surface area (Å²) in [5.41, 5.74) is 3.56. The second-order valence-corrected chi connectivity index (χ2v) is 5.48. The number of halogens is 1. The fourth-order valence-electron chi connectivity index (χ4n) is 2.04. The number of benzene rings is 2. The number of hydrogen-bond donors (Lipinski definition) is 1. The molecule has 0 heterocycles. The Kier molecular flexibility index (Phi) is 6.20. The average molecular weight is 393 g/mol. The third kappa shape index (κ3) is 4.05. The summed E-state index contributed by atoms with van der Waals surface area (Å²) in [5, 5.41) is 3.98. The Balaban J connectivity index is 2.17. The molecule has 126 valence electrons. The number of nitrogens with one attached hydrogen (secondary N) is 1. The van der Waals surface area contributed by atoms with Gasteiger partial charge in [0.25, 0.3) is 5.91 Å². The predicted molar refractivity (Wildman–Crippen MR) is 95.3 cm³/mol. The van der Waals surface area contributed by atoms with Gasteiger partial charge in [-0.3, -0.25) is 4.79 Å². The highest BCUT2D eigenvalue weighted by Crippen LogP contribution is 2.31. The van der Waals surface area contributed by atoms with Gasteiger partial charge in [0.1, 0.15) is 17.2 Å². The highest BCUT2D eigenvalue weighted by Gasteiger charge is 2.11. The van der Waals surface area contributed by atoms with Gasteiger partial charge >= 0.3 is 0 Å². The van der Waals surface area contributed by atoms with Crippen LogP contribution in [0.1, 0.15) is 15.9 Å². The van der Waals surface area contributed by atoms with E-state index in [2.05, 4.69) is 26.5 Å². The maximum atomic E-state index is 12.2. The number of carbonyl (C=O) groups is 1. The fourth-order valence-corrected chi connectivity index (χ4v) is 2.56. The summed E-state index contributed by atoms with van der Waals surface area (Å²) < 4.78 is 16.4. The normalized spacial score (nSPS) is 10.5. The van der Waals surface area contributed by atoms with Crippen molar-refractivity contribution in [2.45, 2.75) is 0 Å². The molecule has 0 aliphatic carbocycles. The topological polar surface area (TPSA) is 69.2 Å². The zero-order chi connectivity index (χ0) is 17.5. The molecule has 2 rings (SSSR count). The highest BCUT2D eigenvalue weighted by atomic mass is 79.9. The van der Waals surface area contributed by atoms with Crippen molar-refractivity contribution in [3.63, 3.8) is 0 Å². The molecule has 0 bridgehead atoms. The first-order chi connectivity index (χ1) is 11.6. The van der Waals surface area contributed by atoms with E-state index in [1.54, 1.807) is 50.6 Å². The maximum Gasteiger partial charge on any atom is 0.275 e.